The first-order valence-electron chi connectivity index (χ1n) is 13.4. The Morgan fingerprint density at radius 2 is 1.37 bits per heavy atom. The molecule has 0 radical (unpaired) electrons. The Morgan fingerprint density at radius 3 is 1.94 bits per heavy atom. The lowest BCUT2D eigenvalue weighted by atomic mass is 10.0. The number of nitrogens with zero attached hydrogens (tertiary/aromatic N) is 1. The van der Waals surface area contributed by atoms with Gasteiger partial charge in [-0.25, -0.2) is 9.69 Å². The summed E-state index contributed by atoms with van der Waals surface area (Å²) in [6.07, 6.45) is 16.6. The van der Waals surface area contributed by atoms with Crippen LogP contribution in [0.15, 0.2) is 46.2 Å². The first-order valence-corrected chi connectivity index (χ1v) is 14.2. The number of nitrogens with one attached hydrogen (secondary N) is 1. The number of hydrogen-bond acceptors (Lipinski definition) is 4. The first-order chi connectivity index (χ1) is 17.1. The summed E-state index contributed by atoms with van der Waals surface area (Å²) in [6.45, 7) is 3.21. The molecule has 0 saturated heterocycles. The fourth-order valence-corrected chi connectivity index (χ4v) is 5.73. The van der Waals surface area contributed by atoms with Gasteiger partial charge in [0.05, 0.1) is 18.5 Å². The molecule has 2 N–H and O–H groups in total. The maximum Gasteiger partial charge on any atom is 0.416 e. The molecule has 0 aliphatic carbocycles. The van der Waals surface area contributed by atoms with Gasteiger partial charge in [0.2, 0.25) is 0 Å². The predicted octanol–water partition coefficient (Wildman–Crippen LogP) is 9.48. The molecule has 2 aromatic carbocycles. The van der Waals surface area contributed by atoms with Crippen LogP contribution in [0.3, 0.4) is 0 Å². The van der Waals surface area contributed by atoms with Crippen LogP contribution >= 0.6 is 11.8 Å². The molecule has 192 valence electrons. The molecular formula is C29H42N2O3S. The second-order valence-electron chi connectivity index (χ2n) is 9.41. The van der Waals surface area contributed by atoms with Crippen LogP contribution in [0, 0.1) is 0 Å². The van der Waals surface area contributed by atoms with Crippen molar-refractivity contribution in [1.82, 2.24) is 0 Å². The van der Waals surface area contributed by atoms with Gasteiger partial charge in [0.1, 0.15) is 5.75 Å². The van der Waals surface area contributed by atoms with Crippen LogP contribution < -0.4 is 15.0 Å². The fourth-order valence-electron chi connectivity index (χ4n) is 4.61. The summed E-state index contributed by atoms with van der Waals surface area (Å²) in [5, 5.41) is 13.4. The molecule has 0 bridgehead atoms. The number of anilines is 3. The summed E-state index contributed by atoms with van der Waals surface area (Å²) >= 11 is 1.59. The van der Waals surface area contributed by atoms with E-state index in [-0.39, 0.29) is 0 Å². The number of carbonyl (C=O) groups is 1. The van der Waals surface area contributed by atoms with Crippen molar-refractivity contribution in [2.75, 3.05) is 23.9 Å². The maximum atomic E-state index is 12.0. The van der Waals surface area contributed by atoms with Gasteiger partial charge in [-0.1, -0.05) is 95.7 Å². The van der Waals surface area contributed by atoms with Crippen LogP contribution in [0.2, 0.25) is 0 Å². The number of fused-ring (bicyclic) bond motifs is 2. The van der Waals surface area contributed by atoms with Crippen LogP contribution in [0.5, 0.6) is 5.75 Å². The molecule has 0 fully saturated rings. The quantitative estimate of drug-likeness (QED) is 0.226. The van der Waals surface area contributed by atoms with Crippen LogP contribution in [-0.4, -0.2) is 24.9 Å². The largest absolute Gasteiger partial charge is 0.497 e. The van der Waals surface area contributed by atoms with E-state index < -0.39 is 6.09 Å². The number of hydrogen-bond donors (Lipinski definition) is 2. The Hall–Kier alpha value is -2.34. The fraction of sp³-hybridized carbons (Fsp3) is 0.552. The van der Waals surface area contributed by atoms with Crippen molar-refractivity contribution >= 4 is 34.9 Å². The Morgan fingerprint density at radius 1 is 0.829 bits per heavy atom. The highest BCUT2D eigenvalue weighted by atomic mass is 32.2. The molecule has 0 atom stereocenters. The molecule has 1 aliphatic rings. The van der Waals surface area contributed by atoms with E-state index in [1.54, 1.807) is 31.0 Å². The summed E-state index contributed by atoms with van der Waals surface area (Å²) in [5.41, 5.74) is 2.40. The molecule has 5 nitrogen and oxygen atoms in total. The van der Waals surface area contributed by atoms with E-state index in [1.165, 1.54) is 81.9 Å². The molecule has 1 heterocycles. The van der Waals surface area contributed by atoms with Crippen molar-refractivity contribution in [1.29, 1.82) is 0 Å². The third kappa shape index (κ3) is 8.38. The minimum absolute atomic E-state index is 0.670. The van der Waals surface area contributed by atoms with Crippen molar-refractivity contribution < 1.29 is 14.6 Å². The second kappa shape index (κ2) is 14.9. The van der Waals surface area contributed by atoms with Crippen LogP contribution in [0.25, 0.3) is 0 Å². The zero-order chi connectivity index (χ0) is 24.9. The Bertz CT molecular complexity index is 934. The number of rotatable bonds is 16. The van der Waals surface area contributed by atoms with Gasteiger partial charge in [-0.05, 0) is 42.8 Å². The van der Waals surface area contributed by atoms with Gasteiger partial charge >= 0.3 is 6.09 Å². The van der Waals surface area contributed by atoms with E-state index >= 15 is 0 Å². The van der Waals surface area contributed by atoms with Gasteiger partial charge in [0.25, 0.3) is 0 Å². The van der Waals surface area contributed by atoms with E-state index in [1.807, 2.05) is 18.2 Å². The highest BCUT2D eigenvalue weighted by Gasteiger charge is 2.28. The van der Waals surface area contributed by atoms with Gasteiger partial charge in [-0.2, -0.15) is 0 Å². The van der Waals surface area contributed by atoms with Gasteiger partial charge in [-0.3, -0.25) is 0 Å². The second-order valence-corrected chi connectivity index (χ2v) is 10.5. The average Bonchev–Trinajstić information content (AvgIpc) is 2.86. The number of carboxylic acid groups (broad SMARTS) is 1. The monoisotopic (exact) mass is 498 g/mol. The molecule has 1 amide bonds. The highest BCUT2D eigenvalue weighted by molar-refractivity contribution is 7.99. The normalized spacial score (nSPS) is 12.2. The lowest BCUT2D eigenvalue weighted by molar-refractivity contribution is 0.204. The number of benzene rings is 2. The number of unbranched alkanes of at least 4 members (excludes halogenated alkanes) is 12. The summed E-state index contributed by atoms with van der Waals surface area (Å²) in [6, 6.07) is 11.4. The van der Waals surface area contributed by atoms with E-state index in [0.717, 1.165) is 34.2 Å². The minimum Gasteiger partial charge on any atom is -0.497 e. The zero-order valence-electron chi connectivity index (χ0n) is 21.5. The molecule has 0 saturated carbocycles. The molecule has 0 spiro atoms. The number of ether oxygens (including phenoxy) is 1. The first kappa shape index (κ1) is 27.3. The van der Waals surface area contributed by atoms with Crippen molar-refractivity contribution in [3.05, 3.63) is 36.4 Å². The summed E-state index contributed by atoms with van der Waals surface area (Å²) in [5.74, 6) is 0.724. The average molecular weight is 499 g/mol. The standard InChI is InChI=1S/C29H42N2O3S/c1-3-4-5-6-7-8-9-10-11-12-13-14-15-20-30-23-16-18-25-27(21-23)35-28-22-24(34-2)17-19-26(28)31(25)29(32)33/h16-19,21-22,30H,3-15,20H2,1-2H3,(H,32,33). The van der Waals surface area contributed by atoms with Crippen molar-refractivity contribution in [3.63, 3.8) is 0 Å². The third-order valence-corrected chi connectivity index (χ3v) is 7.72. The SMILES string of the molecule is CCCCCCCCCCCCCCCNc1ccc2c(c1)Sc1cc(OC)ccc1N2C(=O)O. The van der Waals surface area contributed by atoms with Crippen LogP contribution in [0.1, 0.15) is 90.4 Å². The lowest BCUT2D eigenvalue weighted by Gasteiger charge is -2.29. The van der Waals surface area contributed by atoms with E-state index in [0.29, 0.717) is 11.4 Å². The third-order valence-electron chi connectivity index (χ3n) is 6.63. The molecular weight excluding hydrogens is 456 g/mol. The molecule has 6 heteroatoms. The Balaban J connectivity index is 1.36. The lowest BCUT2D eigenvalue weighted by Crippen LogP contribution is -2.26. The van der Waals surface area contributed by atoms with Gasteiger partial charge in [0, 0.05) is 22.0 Å². The number of amides is 1. The molecule has 3 rings (SSSR count). The topological polar surface area (TPSA) is 61.8 Å². The van der Waals surface area contributed by atoms with Crippen molar-refractivity contribution in [2.24, 2.45) is 0 Å². The van der Waals surface area contributed by atoms with Crippen molar-refractivity contribution in [2.45, 2.75) is 100 Å². The van der Waals surface area contributed by atoms with Gasteiger partial charge < -0.3 is 15.2 Å². The Kier molecular flexibility index (Phi) is 11.6. The molecule has 0 unspecified atom stereocenters. The van der Waals surface area contributed by atoms with Crippen LogP contribution in [0.4, 0.5) is 21.9 Å². The highest BCUT2D eigenvalue weighted by Crippen LogP contribution is 2.49. The summed E-state index contributed by atoms with van der Waals surface area (Å²) < 4.78 is 5.33. The Labute approximate surface area is 215 Å². The van der Waals surface area contributed by atoms with E-state index in [9.17, 15) is 9.90 Å². The predicted molar refractivity (Wildman–Crippen MR) is 148 cm³/mol. The smallest absolute Gasteiger partial charge is 0.416 e. The molecule has 1 aliphatic heterocycles. The van der Waals surface area contributed by atoms with Crippen molar-refractivity contribution in [3.8, 4) is 5.75 Å². The van der Waals surface area contributed by atoms with Gasteiger partial charge in [-0.15, -0.1) is 0 Å². The number of methoxy groups -OCH3 is 1. The molecule has 2 aromatic rings. The van der Waals surface area contributed by atoms with E-state index in [2.05, 4.69) is 18.3 Å². The van der Waals surface area contributed by atoms with Gasteiger partial charge in [0.15, 0.2) is 0 Å². The minimum atomic E-state index is -0.981. The van der Waals surface area contributed by atoms with Crippen LogP contribution in [-0.2, 0) is 0 Å². The zero-order valence-corrected chi connectivity index (χ0v) is 22.3. The van der Waals surface area contributed by atoms with E-state index in [4.69, 9.17) is 4.74 Å². The summed E-state index contributed by atoms with van der Waals surface area (Å²) in [7, 11) is 1.62. The molecule has 35 heavy (non-hydrogen) atoms. The summed E-state index contributed by atoms with van der Waals surface area (Å²) in [4.78, 5) is 15.2. The molecule has 0 aromatic heterocycles. The maximum absolute atomic E-state index is 12.0.